The quantitative estimate of drug-likeness (QED) is 0.707. The van der Waals surface area contributed by atoms with Gasteiger partial charge in [0.1, 0.15) is 5.75 Å². The second-order valence-corrected chi connectivity index (χ2v) is 8.24. The molecule has 4 rings (SSSR count). The molecule has 0 bridgehead atoms. The van der Waals surface area contributed by atoms with Crippen LogP contribution in [-0.2, 0) is 14.3 Å². The molecule has 3 heterocycles. The van der Waals surface area contributed by atoms with E-state index >= 15 is 0 Å². The van der Waals surface area contributed by atoms with Crippen LogP contribution < -0.4 is 4.74 Å². The van der Waals surface area contributed by atoms with Gasteiger partial charge in [-0.25, -0.2) is 0 Å². The van der Waals surface area contributed by atoms with E-state index in [1.807, 2.05) is 4.90 Å². The molecule has 0 saturated carbocycles. The first kappa shape index (κ1) is 22.0. The molecule has 1 atom stereocenters. The van der Waals surface area contributed by atoms with Crippen LogP contribution in [0.15, 0.2) is 24.3 Å². The van der Waals surface area contributed by atoms with Gasteiger partial charge in [0.05, 0.1) is 24.7 Å². The van der Waals surface area contributed by atoms with Gasteiger partial charge in [-0.3, -0.25) is 9.59 Å². The van der Waals surface area contributed by atoms with E-state index in [4.69, 9.17) is 9.47 Å². The minimum absolute atomic E-state index is 0.0568. The second-order valence-electron chi connectivity index (χ2n) is 8.24. The maximum absolute atomic E-state index is 13.1. The third-order valence-corrected chi connectivity index (χ3v) is 6.28. The Hall–Kier alpha value is -2.26. The number of para-hydroxylation sites is 1. The Bertz CT molecular complexity index is 779. The monoisotopic (exact) mass is 438 g/mol. The Morgan fingerprint density at radius 2 is 1.71 bits per heavy atom. The first-order valence-corrected chi connectivity index (χ1v) is 10.9. The van der Waals surface area contributed by atoms with E-state index in [2.05, 4.69) is 4.74 Å². The number of alkyl halides is 2. The Morgan fingerprint density at radius 1 is 1.00 bits per heavy atom. The number of hydrogen-bond acceptors (Lipinski definition) is 5. The summed E-state index contributed by atoms with van der Waals surface area (Å²) >= 11 is 0. The average molecular weight is 438 g/mol. The summed E-state index contributed by atoms with van der Waals surface area (Å²) in [4.78, 5) is 29.5. The predicted molar refractivity (Wildman–Crippen MR) is 107 cm³/mol. The van der Waals surface area contributed by atoms with Gasteiger partial charge in [0.15, 0.2) is 6.29 Å². The molecule has 170 valence electrons. The normalized spacial score (nSPS) is 23.4. The minimum atomic E-state index is -3.01. The van der Waals surface area contributed by atoms with Crippen LogP contribution in [0.4, 0.5) is 8.78 Å². The van der Waals surface area contributed by atoms with E-state index < -0.39 is 6.61 Å². The number of amides is 2. The molecule has 1 aromatic carbocycles. The lowest BCUT2D eigenvalue weighted by atomic mass is 9.92. The fourth-order valence-electron chi connectivity index (χ4n) is 4.67. The molecule has 9 heteroatoms. The molecule has 0 N–H and O–H groups in total. The zero-order valence-electron chi connectivity index (χ0n) is 17.4. The molecule has 2 amide bonds. The first-order valence-electron chi connectivity index (χ1n) is 10.9. The van der Waals surface area contributed by atoms with Crippen molar-refractivity contribution in [2.45, 2.75) is 38.6 Å². The fraction of sp³-hybridized carbons (Fsp3) is 0.636. The third-order valence-electron chi connectivity index (χ3n) is 6.28. The zero-order valence-corrected chi connectivity index (χ0v) is 17.4. The smallest absolute Gasteiger partial charge is 0.387 e. The number of piperidine rings is 2. The Morgan fingerprint density at radius 3 is 2.42 bits per heavy atom. The van der Waals surface area contributed by atoms with Gasteiger partial charge in [0.2, 0.25) is 5.91 Å². The molecule has 0 radical (unpaired) electrons. The van der Waals surface area contributed by atoms with Crippen LogP contribution in [0.25, 0.3) is 0 Å². The lowest BCUT2D eigenvalue weighted by Crippen LogP contribution is -2.49. The van der Waals surface area contributed by atoms with Gasteiger partial charge in [-0.2, -0.15) is 8.78 Å². The van der Waals surface area contributed by atoms with Gasteiger partial charge in [-0.05, 0) is 37.8 Å². The molecule has 31 heavy (non-hydrogen) atoms. The molecule has 0 aliphatic carbocycles. The van der Waals surface area contributed by atoms with E-state index in [9.17, 15) is 18.4 Å². The van der Waals surface area contributed by atoms with Gasteiger partial charge in [-0.15, -0.1) is 0 Å². The lowest BCUT2D eigenvalue weighted by molar-refractivity contribution is -0.142. The summed E-state index contributed by atoms with van der Waals surface area (Å²) in [6.07, 6.45) is 2.93. The van der Waals surface area contributed by atoms with Crippen molar-refractivity contribution in [2.24, 2.45) is 11.8 Å². The third kappa shape index (κ3) is 5.15. The first-order chi connectivity index (χ1) is 15.0. The van der Waals surface area contributed by atoms with Crippen molar-refractivity contribution >= 4 is 11.8 Å². The summed E-state index contributed by atoms with van der Waals surface area (Å²) in [6, 6.07) is 5.99. The molecule has 0 spiro atoms. The standard InChI is InChI=1S/C22H28F2N2O5/c23-22(24)31-18-6-2-1-5-17(18)20(28)26-9-3-4-16(14-26)19(27)25-10-7-15(8-11-25)21-29-12-13-30-21/h1-2,5-6,15-16,21-22H,3-4,7-14H2. The van der Waals surface area contributed by atoms with Gasteiger partial charge >= 0.3 is 6.61 Å². The molecule has 3 aliphatic rings. The Balaban J connectivity index is 1.35. The van der Waals surface area contributed by atoms with Crippen LogP contribution in [0.1, 0.15) is 36.0 Å². The van der Waals surface area contributed by atoms with Gasteiger partial charge < -0.3 is 24.0 Å². The van der Waals surface area contributed by atoms with Crippen molar-refractivity contribution in [2.75, 3.05) is 39.4 Å². The molecular weight excluding hydrogens is 410 g/mol. The maximum Gasteiger partial charge on any atom is 0.387 e. The number of halogens is 2. The van der Waals surface area contributed by atoms with Crippen LogP contribution in [-0.4, -0.2) is 73.9 Å². The Labute approximate surface area is 180 Å². The number of carbonyl (C=O) groups is 2. The highest BCUT2D eigenvalue weighted by molar-refractivity contribution is 5.97. The summed E-state index contributed by atoms with van der Waals surface area (Å²) in [6.45, 7) is 0.333. The van der Waals surface area contributed by atoms with Crippen LogP contribution >= 0.6 is 0 Å². The topological polar surface area (TPSA) is 68.3 Å². The number of carbonyl (C=O) groups excluding carboxylic acids is 2. The molecule has 3 saturated heterocycles. The average Bonchev–Trinajstić information content (AvgIpc) is 3.33. The van der Waals surface area contributed by atoms with E-state index in [0.717, 1.165) is 12.8 Å². The maximum atomic E-state index is 13.1. The Kier molecular flexibility index (Phi) is 7.02. The number of ether oxygens (including phenoxy) is 3. The van der Waals surface area contributed by atoms with E-state index in [-0.39, 0.29) is 41.9 Å². The van der Waals surface area contributed by atoms with Crippen LogP contribution in [0.3, 0.4) is 0 Å². The molecular formula is C22H28F2N2O5. The van der Waals surface area contributed by atoms with Gasteiger partial charge in [0, 0.05) is 32.1 Å². The summed E-state index contributed by atoms with van der Waals surface area (Å²) in [5.41, 5.74) is 0.0910. The highest BCUT2D eigenvalue weighted by Crippen LogP contribution is 2.29. The van der Waals surface area contributed by atoms with Crippen LogP contribution in [0, 0.1) is 11.8 Å². The summed E-state index contributed by atoms with van der Waals surface area (Å²) in [5.74, 6) is -0.447. The number of benzene rings is 1. The minimum Gasteiger partial charge on any atom is -0.434 e. The van der Waals surface area contributed by atoms with E-state index in [0.29, 0.717) is 51.6 Å². The highest BCUT2D eigenvalue weighted by atomic mass is 19.3. The van der Waals surface area contributed by atoms with Gasteiger partial charge in [-0.1, -0.05) is 12.1 Å². The summed E-state index contributed by atoms with van der Waals surface area (Å²) in [5, 5.41) is 0. The van der Waals surface area contributed by atoms with Crippen molar-refractivity contribution in [3.8, 4) is 5.75 Å². The zero-order chi connectivity index (χ0) is 21.8. The van der Waals surface area contributed by atoms with Crippen molar-refractivity contribution in [1.29, 1.82) is 0 Å². The van der Waals surface area contributed by atoms with Crippen molar-refractivity contribution < 1.29 is 32.6 Å². The van der Waals surface area contributed by atoms with Gasteiger partial charge in [0.25, 0.3) is 5.91 Å². The van der Waals surface area contributed by atoms with Crippen molar-refractivity contribution in [1.82, 2.24) is 9.80 Å². The molecule has 1 aromatic rings. The second kappa shape index (κ2) is 9.91. The fourth-order valence-corrected chi connectivity index (χ4v) is 4.67. The number of likely N-dealkylation sites (tertiary alicyclic amines) is 2. The predicted octanol–water partition coefficient (Wildman–Crippen LogP) is 2.75. The lowest BCUT2D eigenvalue weighted by Gasteiger charge is -2.38. The number of hydrogen-bond donors (Lipinski definition) is 0. The number of rotatable bonds is 5. The van der Waals surface area contributed by atoms with E-state index in [1.54, 1.807) is 17.0 Å². The SMILES string of the molecule is O=C(c1ccccc1OC(F)F)N1CCCC(C(=O)N2CCC(C3OCCO3)CC2)C1. The van der Waals surface area contributed by atoms with Crippen molar-refractivity contribution in [3.63, 3.8) is 0 Å². The molecule has 3 fully saturated rings. The van der Waals surface area contributed by atoms with Crippen molar-refractivity contribution in [3.05, 3.63) is 29.8 Å². The largest absolute Gasteiger partial charge is 0.434 e. The van der Waals surface area contributed by atoms with E-state index in [1.165, 1.54) is 12.1 Å². The molecule has 3 aliphatic heterocycles. The van der Waals surface area contributed by atoms with Crippen LogP contribution in [0.2, 0.25) is 0 Å². The summed E-state index contributed by atoms with van der Waals surface area (Å²) < 4.78 is 41.1. The highest BCUT2D eigenvalue weighted by Gasteiger charge is 2.36. The van der Waals surface area contributed by atoms with Crippen LogP contribution in [0.5, 0.6) is 5.75 Å². The molecule has 1 unspecified atom stereocenters. The molecule has 0 aromatic heterocycles. The summed E-state index contributed by atoms with van der Waals surface area (Å²) in [7, 11) is 0. The molecule has 7 nitrogen and oxygen atoms in total. The number of nitrogens with zero attached hydrogens (tertiary/aromatic N) is 2.